The first-order chi connectivity index (χ1) is 8.15. The number of nitrogens with one attached hydrogen (secondary N) is 1. The predicted molar refractivity (Wildman–Crippen MR) is 64.5 cm³/mol. The number of likely N-dealkylation sites (N-methyl/N-ethyl adjacent to an activating group) is 1. The minimum Gasteiger partial charge on any atom is -0.469 e. The van der Waals surface area contributed by atoms with Crippen molar-refractivity contribution in [1.29, 1.82) is 0 Å². The first-order valence-corrected chi connectivity index (χ1v) is 6.21. The highest BCUT2D eigenvalue weighted by Gasteiger charge is 2.21. The summed E-state index contributed by atoms with van der Waals surface area (Å²) in [6, 6.07) is 0. The molecule has 1 amide bonds. The number of carbonyl (C=O) groups excluding carboxylic acids is 2. The Morgan fingerprint density at radius 2 is 2.12 bits per heavy atom. The second kappa shape index (κ2) is 7.27. The van der Waals surface area contributed by atoms with E-state index in [-0.39, 0.29) is 11.9 Å². The monoisotopic (exact) mass is 242 g/mol. The van der Waals surface area contributed by atoms with Crippen LogP contribution < -0.4 is 5.32 Å². The van der Waals surface area contributed by atoms with Crippen molar-refractivity contribution in [3.05, 3.63) is 0 Å². The average molecular weight is 242 g/mol. The number of amides is 1. The van der Waals surface area contributed by atoms with E-state index in [9.17, 15) is 9.59 Å². The fourth-order valence-corrected chi connectivity index (χ4v) is 1.54. The summed E-state index contributed by atoms with van der Waals surface area (Å²) in [5.74, 6) is 0.509. The van der Waals surface area contributed by atoms with Crippen molar-refractivity contribution in [3.63, 3.8) is 0 Å². The molecule has 1 aliphatic carbocycles. The highest BCUT2D eigenvalue weighted by Crippen LogP contribution is 2.27. The van der Waals surface area contributed by atoms with Gasteiger partial charge in [-0.05, 0) is 25.3 Å². The number of nitrogens with zero attached hydrogens (tertiary/aromatic N) is 1. The maximum absolute atomic E-state index is 11.6. The maximum Gasteiger partial charge on any atom is 0.306 e. The van der Waals surface area contributed by atoms with Crippen LogP contribution >= 0.6 is 0 Å². The Morgan fingerprint density at radius 3 is 2.65 bits per heavy atom. The number of carbonyl (C=O) groups is 2. The van der Waals surface area contributed by atoms with Crippen LogP contribution in [0.25, 0.3) is 0 Å². The normalized spacial score (nSPS) is 14.8. The second-order valence-electron chi connectivity index (χ2n) is 4.44. The average Bonchev–Trinajstić information content (AvgIpc) is 3.15. The van der Waals surface area contributed by atoms with E-state index >= 15 is 0 Å². The molecule has 1 fully saturated rings. The zero-order valence-electron chi connectivity index (χ0n) is 10.7. The van der Waals surface area contributed by atoms with E-state index in [0.29, 0.717) is 25.4 Å². The zero-order chi connectivity index (χ0) is 12.7. The molecule has 0 radical (unpaired) electrons. The number of hydrogen-bond acceptors (Lipinski definition) is 4. The minimum absolute atomic E-state index is 0.0450. The van der Waals surface area contributed by atoms with Crippen LogP contribution in [0.3, 0.4) is 0 Å². The van der Waals surface area contributed by atoms with E-state index < -0.39 is 0 Å². The molecule has 0 atom stereocenters. The van der Waals surface area contributed by atoms with Crippen molar-refractivity contribution < 1.29 is 14.3 Å². The molecule has 0 bridgehead atoms. The van der Waals surface area contributed by atoms with Crippen LogP contribution in [0.4, 0.5) is 0 Å². The molecule has 0 aromatic carbocycles. The summed E-state index contributed by atoms with van der Waals surface area (Å²) in [5, 5.41) is 2.91. The van der Waals surface area contributed by atoms with Crippen LogP contribution in [0.15, 0.2) is 0 Å². The molecule has 0 aliphatic heterocycles. The summed E-state index contributed by atoms with van der Waals surface area (Å²) in [6.45, 7) is 4.47. The van der Waals surface area contributed by atoms with Crippen molar-refractivity contribution in [3.8, 4) is 0 Å². The van der Waals surface area contributed by atoms with Gasteiger partial charge in [-0.2, -0.15) is 0 Å². The molecule has 0 unspecified atom stereocenters. The molecule has 1 aliphatic rings. The van der Waals surface area contributed by atoms with Gasteiger partial charge in [-0.25, -0.2) is 0 Å². The van der Waals surface area contributed by atoms with Gasteiger partial charge in [0, 0.05) is 13.1 Å². The van der Waals surface area contributed by atoms with Crippen LogP contribution in [0.2, 0.25) is 0 Å². The highest BCUT2D eigenvalue weighted by molar-refractivity contribution is 5.78. The molecule has 17 heavy (non-hydrogen) atoms. The molecule has 1 rings (SSSR count). The standard InChI is InChI=1S/C12H22N2O3/c1-3-14(7-6-12(16)17-2)9-11(15)13-8-10-4-5-10/h10H,3-9H2,1-2H3,(H,13,15). The van der Waals surface area contributed by atoms with Crippen LogP contribution in [0, 0.1) is 5.92 Å². The third-order valence-corrected chi connectivity index (χ3v) is 2.96. The lowest BCUT2D eigenvalue weighted by Gasteiger charge is -2.19. The van der Waals surface area contributed by atoms with E-state index in [1.54, 1.807) is 0 Å². The second-order valence-corrected chi connectivity index (χ2v) is 4.44. The Hall–Kier alpha value is -1.10. The quantitative estimate of drug-likeness (QED) is 0.626. The van der Waals surface area contributed by atoms with Crippen molar-refractivity contribution in [2.24, 2.45) is 5.92 Å². The van der Waals surface area contributed by atoms with Gasteiger partial charge < -0.3 is 10.1 Å². The first kappa shape index (κ1) is 14.0. The molecule has 0 spiro atoms. The van der Waals surface area contributed by atoms with Crippen LogP contribution in [0.5, 0.6) is 0 Å². The van der Waals surface area contributed by atoms with Gasteiger partial charge in [-0.15, -0.1) is 0 Å². The molecule has 1 saturated carbocycles. The lowest BCUT2D eigenvalue weighted by atomic mass is 10.3. The molecule has 0 aromatic rings. The van der Waals surface area contributed by atoms with E-state index in [4.69, 9.17) is 0 Å². The third-order valence-electron chi connectivity index (χ3n) is 2.96. The first-order valence-electron chi connectivity index (χ1n) is 6.21. The number of rotatable bonds is 8. The Labute approximate surface area is 102 Å². The SMILES string of the molecule is CCN(CCC(=O)OC)CC(=O)NCC1CC1. The van der Waals surface area contributed by atoms with E-state index in [2.05, 4.69) is 10.1 Å². The molecule has 0 heterocycles. The summed E-state index contributed by atoms with van der Waals surface area (Å²) < 4.78 is 4.57. The molecular formula is C12H22N2O3. The topological polar surface area (TPSA) is 58.6 Å². The van der Waals surface area contributed by atoms with Crippen LogP contribution in [-0.4, -0.2) is 50.1 Å². The van der Waals surface area contributed by atoms with Gasteiger partial charge in [-0.3, -0.25) is 14.5 Å². The van der Waals surface area contributed by atoms with Crippen molar-refractivity contribution in [2.75, 3.05) is 33.3 Å². The number of hydrogen-bond donors (Lipinski definition) is 1. The summed E-state index contributed by atoms with van der Waals surface area (Å²) in [7, 11) is 1.38. The van der Waals surface area contributed by atoms with Crippen molar-refractivity contribution >= 4 is 11.9 Å². The van der Waals surface area contributed by atoms with E-state index in [0.717, 1.165) is 13.1 Å². The third kappa shape index (κ3) is 6.26. The minimum atomic E-state index is -0.234. The van der Waals surface area contributed by atoms with E-state index in [1.165, 1.54) is 20.0 Å². The number of methoxy groups -OCH3 is 1. The molecule has 98 valence electrons. The lowest BCUT2D eigenvalue weighted by Crippen LogP contribution is -2.38. The molecule has 1 N–H and O–H groups in total. The number of esters is 1. The van der Waals surface area contributed by atoms with Crippen molar-refractivity contribution in [2.45, 2.75) is 26.2 Å². The summed E-state index contributed by atoms with van der Waals surface area (Å²) >= 11 is 0. The lowest BCUT2D eigenvalue weighted by molar-refractivity contribution is -0.141. The van der Waals surface area contributed by atoms with Gasteiger partial charge in [0.2, 0.25) is 5.91 Å². The fourth-order valence-electron chi connectivity index (χ4n) is 1.54. The largest absolute Gasteiger partial charge is 0.469 e. The Kier molecular flexibility index (Phi) is 5.97. The van der Waals surface area contributed by atoms with Gasteiger partial charge in [0.25, 0.3) is 0 Å². The van der Waals surface area contributed by atoms with Gasteiger partial charge in [0.1, 0.15) is 0 Å². The molecule has 5 nitrogen and oxygen atoms in total. The Morgan fingerprint density at radius 1 is 1.41 bits per heavy atom. The van der Waals surface area contributed by atoms with Gasteiger partial charge in [0.15, 0.2) is 0 Å². The smallest absolute Gasteiger partial charge is 0.306 e. The number of ether oxygens (including phenoxy) is 1. The molecule has 0 aromatic heterocycles. The molecular weight excluding hydrogens is 220 g/mol. The van der Waals surface area contributed by atoms with Crippen LogP contribution in [0.1, 0.15) is 26.2 Å². The van der Waals surface area contributed by atoms with Gasteiger partial charge >= 0.3 is 5.97 Å². The molecule has 5 heteroatoms. The van der Waals surface area contributed by atoms with Crippen molar-refractivity contribution in [1.82, 2.24) is 10.2 Å². The van der Waals surface area contributed by atoms with Gasteiger partial charge in [-0.1, -0.05) is 6.92 Å². The maximum atomic E-state index is 11.6. The zero-order valence-corrected chi connectivity index (χ0v) is 10.7. The molecule has 0 saturated heterocycles. The summed E-state index contributed by atoms with van der Waals surface area (Å²) in [5.41, 5.74) is 0. The van der Waals surface area contributed by atoms with E-state index in [1.807, 2.05) is 11.8 Å². The summed E-state index contributed by atoms with van der Waals surface area (Å²) in [4.78, 5) is 24.5. The predicted octanol–water partition coefficient (Wildman–Crippen LogP) is 0.398. The van der Waals surface area contributed by atoms with Crippen LogP contribution in [-0.2, 0) is 14.3 Å². The fraction of sp³-hybridized carbons (Fsp3) is 0.833. The Balaban J connectivity index is 2.14. The van der Waals surface area contributed by atoms with Gasteiger partial charge in [0.05, 0.1) is 20.1 Å². The highest BCUT2D eigenvalue weighted by atomic mass is 16.5. The Bertz CT molecular complexity index is 264. The summed E-state index contributed by atoms with van der Waals surface area (Å²) in [6.07, 6.45) is 2.81.